The van der Waals surface area contributed by atoms with Crippen LogP contribution in [0.25, 0.3) is 5.70 Å². The number of halogens is 1. The van der Waals surface area contributed by atoms with E-state index in [1.165, 1.54) is 0 Å². The minimum Gasteiger partial charge on any atom is -0.392 e. The Morgan fingerprint density at radius 3 is 2.75 bits per heavy atom. The molecule has 0 unspecified atom stereocenters. The summed E-state index contributed by atoms with van der Waals surface area (Å²) in [4.78, 5) is 8.83. The van der Waals surface area contributed by atoms with Crippen LogP contribution in [-0.4, -0.2) is 41.2 Å². The number of aliphatic hydroxyl groups excluding tert-OH is 1. The summed E-state index contributed by atoms with van der Waals surface area (Å²) < 4.78 is 0.661. The van der Waals surface area contributed by atoms with Gasteiger partial charge < -0.3 is 10.4 Å². The molecule has 0 radical (unpaired) electrons. The molecular weight excluding hydrogens is 418 g/mol. The number of hydrogen-bond acceptors (Lipinski definition) is 5. The quantitative estimate of drug-likeness (QED) is 0.373. The van der Waals surface area contributed by atoms with Gasteiger partial charge in [-0.2, -0.15) is 5.10 Å². The van der Waals surface area contributed by atoms with Gasteiger partial charge in [0.15, 0.2) is 0 Å². The van der Waals surface area contributed by atoms with Crippen molar-refractivity contribution in [2.45, 2.75) is 13.2 Å². The first kappa shape index (κ1) is 21.5. The van der Waals surface area contributed by atoms with E-state index in [1.54, 1.807) is 23.6 Å². The molecule has 2 N–H and O–H groups in total. The average Bonchev–Trinajstić information content (AvgIpc) is 2.73. The van der Waals surface area contributed by atoms with Gasteiger partial charge >= 0.3 is 0 Å². The van der Waals surface area contributed by atoms with Gasteiger partial charge in [-0.15, -0.1) is 0 Å². The SMILES string of the molecule is C=C(Br)/C=N\N(C)C(C=C(NC)c1ccccc1CO)=NCc1cccnc1. The molecule has 1 aromatic heterocycles. The molecule has 0 bridgehead atoms. The predicted molar refractivity (Wildman–Crippen MR) is 119 cm³/mol. The van der Waals surface area contributed by atoms with Crippen LogP contribution in [0.5, 0.6) is 0 Å². The fourth-order valence-electron chi connectivity index (χ4n) is 2.45. The monoisotopic (exact) mass is 441 g/mol. The largest absolute Gasteiger partial charge is 0.392 e. The number of nitrogens with one attached hydrogen (secondary N) is 1. The molecular formula is C21H24BrN5O. The molecule has 0 aliphatic rings. The summed E-state index contributed by atoms with van der Waals surface area (Å²) in [5, 5.41) is 18.9. The number of hydrogen-bond donors (Lipinski definition) is 2. The van der Waals surface area contributed by atoms with Crippen LogP contribution in [0.1, 0.15) is 16.7 Å². The number of nitrogens with zero attached hydrogens (tertiary/aromatic N) is 4. The van der Waals surface area contributed by atoms with E-state index in [0.29, 0.717) is 16.9 Å². The van der Waals surface area contributed by atoms with Crippen molar-refractivity contribution in [2.75, 3.05) is 14.1 Å². The third-order valence-corrected chi connectivity index (χ3v) is 4.07. The Bertz CT molecular complexity index is 877. The van der Waals surface area contributed by atoms with Crippen molar-refractivity contribution >= 4 is 33.7 Å². The van der Waals surface area contributed by atoms with Crippen molar-refractivity contribution in [3.8, 4) is 0 Å². The normalized spacial score (nSPS) is 12.3. The van der Waals surface area contributed by atoms with Crippen molar-refractivity contribution in [2.24, 2.45) is 10.1 Å². The molecule has 0 aliphatic carbocycles. The summed E-state index contributed by atoms with van der Waals surface area (Å²) in [5.74, 6) is 0.644. The number of benzene rings is 1. The van der Waals surface area contributed by atoms with E-state index in [0.717, 1.165) is 22.4 Å². The Morgan fingerprint density at radius 1 is 1.32 bits per heavy atom. The molecule has 0 atom stereocenters. The van der Waals surface area contributed by atoms with Crippen LogP contribution in [0.4, 0.5) is 0 Å². The minimum atomic E-state index is -0.0469. The lowest BCUT2D eigenvalue weighted by Gasteiger charge is -2.17. The van der Waals surface area contributed by atoms with Gasteiger partial charge in [-0.25, -0.2) is 0 Å². The van der Waals surface area contributed by atoms with E-state index in [4.69, 9.17) is 4.99 Å². The molecule has 0 spiro atoms. The van der Waals surface area contributed by atoms with E-state index < -0.39 is 0 Å². The summed E-state index contributed by atoms with van der Waals surface area (Å²) in [5.41, 5.74) is 3.56. The first-order valence-corrected chi connectivity index (χ1v) is 9.48. The van der Waals surface area contributed by atoms with E-state index >= 15 is 0 Å². The van der Waals surface area contributed by atoms with Crippen LogP contribution in [0.3, 0.4) is 0 Å². The summed E-state index contributed by atoms with van der Waals surface area (Å²) in [7, 11) is 3.65. The summed E-state index contributed by atoms with van der Waals surface area (Å²) >= 11 is 3.27. The van der Waals surface area contributed by atoms with Crippen LogP contribution in [-0.2, 0) is 13.2 Å². The Morgan fingerprint density at radius 2 is 2.11 bits per heavy atom. The van der Waals surface area contributed by atoms with E-state index in [-0.39, 0.29) is 6.61 Å². The van der Waals surface area contributed by atoms with Gasteiger partial charge in [0.1, 0.15) is 5.84 Å². The highest BCUT2D eigenvalue weighted by Crippen LogP contribution is 2.18. The zero-order valence-electron chi connectivity index (χ0n) is 16.0. The highest BCUT2D eigenvalue weighted by atomic mass is 79.9. The number of allylic oxidation sites excluding steroid dienone is 1. The molecule has 2 rings (SSSR count). The highest BCUT2D eigenvalue weighted by molar-refractivity contribution is 9.12. The smallest absolute Gasteiger partial charge is 0.146 e. The summed E-state index contributed by atoms with van der Waals surface area (Å²) in [6.07, 6.45) is 7.03. The second kappa shape index (κ2) is 11.2. The van der Waals surface area contributed by atoms with E-state index in [9.17, 15) is 5.11 Å². The topological polar surface area (TPSA) is 73.1 Å². The van der Waals surface area contributed by atoms with Crippen LogP contribution >= 0.6 is 15.9 Å². The van der Waals surface area contributed by atoms with Crippen LogP contribution in [0.2, 0.25) is 0 Å². The molecule has 1 heterocycles. The fraction of sp³-hybridized carbons (Fsp3) is 0.190. The van der Waals surface area contributed by atoms with E-state index in [2.05, 4.69) is 37.9 Å². The van der Waals surface area contributed by atoms with Crippen molar-refractivity contribution in [3.63, 3.8) is 0 Å². The molecule has 0 aliphatic heterocycles. The number of aliphatic hydroxyl groups is 1. The van der Waals surface area contributed by atoms with Gasteiger partial charge in [0.25, 0.3) is 0 Å². The Hall–Kier alpha value is -2.77. The summed E-state index contributed by atoms with van der Waals surface area (Å²) in [6, 6.07) is 11.5. The third kappa shape index (κ3) is 6.44. The number of pyridine rings is 1. The first-order valence-electron chi connectivity index (χ1n) is 8.69. The lowest BCUT2D eigenvalue weighted by Crippen LogP contribution is -2.22. The van der Waals surface area contributed by atoms with Crippen molar-refractivity contribution < 1.29 is 5.11 Å². The van der Waals surface area contributed by atoms with Gasteiger partial charge in [-0.05, 0) is 33.1 Å². The number of aromatic nitrogens is 1. The van der Waals surface area contributed by atoms with Gasteiger partial charge in [-0.1, -0.05) is 36.9 Å². The minimum absolute atomic E-state index is 0.0469. The maximum absolute atomic E-state index is 9.66. The van der Waals surface area contributed by atoms with Gasteiger partial charge in [0, 0.05) is 48.3 Å². The number of likely N-dealkylation sites (N-methyl/N-ethyl adjacent to an activating group) is 1. The number of hydrazone groups is 1. The van der Waals surface area contributed by atoms with Crippen molar-refractivity contribution in [1.29, 1.82) is 0 Å². The van der Waals surface area contributed by atoms with Crippen molar-refractivity contribution in [3.05, 3.63) is 82.6 Å². The molecule has 0 fully saturated rings. The lowest BCUT2D eigenvalue weighted by atomic mass is 10.0. The Balaban J connectivity index is 2.43. The number of aliphatic imine (C=N–C) groups is 1. The lowest BCUT2D eigenvalue weighted by molar-refractivity contribution is 0.281. The van der Waals surface area contributed by atoms with Crippen molar-refractivity contribution in [1.82, 2.24) is 15.3 Å². The summed E-state index contributed by atoms with van der Waals surface area (Å²) in [6.45, 7) is 4.18. The Kier molecular flexibility index (Phi) is 8.58. The second-order valence-electron chi connectivity index (χ2n) is 5.87. The number of rotatable bonds is 8. The molecule has 1 aromatic carbocycles. The highest BCUT2D eigenvalue weighted by Gasteiger charge is 2.09. The standard InChI is InChI=1S/C21H24BrN5O/c1-16(22)12-26-27(3)21(25-14-17-7-6-10-24-13-17)11-20(23-2)19-9-5-4-8-18(19)15-28/h4-13,23,28H,1,14-15H2,2-3H3/b20-11?,25-21?,26-12-. The molecule has 0 saturated heterocycles. The molecule has 146 valence electrons. The maximum atomic E-state index is 9.66. The zero-order chi connectivity index (χ0) is 20.4. The molecule has 2 aromatic rings. The third-order valence-electron chi connectivity index (χ3n) is 3.87. The van der Waals surface area contributed by atoms with Gasteiger partial charge in [0.05, 0.1) is 19.4 Å². The zero-order valence-corrected chi connectivity index (χ0v) is 17.6. The average molecular weight is 442 g/mol. The molecule has 7 heteroatoms. The van der Waals surface area contributed by atoms with E-state index in [1.807, 2.05) is 56.6 Å². The maximum Gasteiger partial charge on any atom is 0.146 e. The van der Waals surface area contributed by atoms with Crippen LogP contribution < -0.4 is 5.32 Å². The first-order chi connectivity index (χ1) is 13.5. The number of amidine groups is 1. The molecule has 28 heavy (non-hydrogen) atoms. The second-order valence-corrected chi connectivity index (χ2v) is 6.89. The molecule has 6 nitrogen and oxygen atoms in total. The Labute approximate surface area is 174 Å². The predicted octanol–water partition coefficient (Wildman–Crippen LogP) is 3.56. The molecule has 0 amide bonds. The fourth-order valence-corrected chi connectivity index (χ4v) is 2.54. The van der Waals surface area contributed by atoms with Gasteiger partial charge in [0.2, 0.25) is 0 Å². The van der Waals surface area contributed by atoms with Crippen LogP contribution in [0, 0.1) is 0 Å². The van der Waals surface area contributed by atoms with Crippen LogP contribution in [0.15, 0.2) is 76.0 Å². The molecule has 0 saturated carbocycles. The van der Waals surface area contributed by atoms with Gasteiger partial charge in [-0.3, -0.25) is 15.0 Å².